The minimum absolute atomic E-state index is 0.0561. The van der Waals surface area contributed by atoms with Crippen LogP contribution in [0.4, 0.5) is 26.3 Å². The predicted octanol–water partition coefficient (Wildman–Crippen LogP) is 4.91. The Morgan fingerprint density at radius 2 is 1.70 bits per heavy atom. The van der Waals surface area contributed by atoms with Crippen molar-refractivity contribution in [2.45, 2.75) is 87.5 Å². The Hall–Kier alpha value is -3.36. The molecule has 15 heteroatoms. The van der Waals surface area contributed by atoms with E-state index in [1.165, 1.54) is 29.1 Å². The maximum atomic E-state index is 14.9. The van der Waals surface area contributed by atoms with Gasteiger partial charge in [0, 0.05) is 31.2 Å². The van der Waals surface area contributed by atoms with Crippen molar-refractivity contribution in [3.63, 3.8) is 0 Å². The van der Waals surface area contributed by atoms with E-state index >= 15 is 0 Å². The first kappa shape index (κ1) is 31.1. The van der Waals surface area contributed by atoms with Gasteiger partial charge in [-0.25, -0.2) is 13.1 Å². The summed E-state index contributed by atoms with van der Waals surface area (Å²) in [5.41, 5.74) is -4.00. The third-order valence-corrected chi connectivity index (χ3v) is 9.74. The number of carbonyl (C=O) groups is 2. The molecule has 2 aromatic rings. The van der Waals surface area contributed by atoms with Crippen LogP contribution in [-0.2, 0) is 38.1 Å². The van der Waals surface area contributed by atoms with E-state index in [9.17, 15) is 44.3 Å². The smallest absolute Gasteiger partial charge is 0.334 e. The lowest BCUT2D eigenvalue weighted by Gasteiger charge is -2.41. The number of unbranched alkanes of at least 4 members (excludes halogenated alkanes) is 1. The molecule has 2 saturated carbocycles. The minimum Gasteiger partial charge on any atom is -0.334 e. The fourth-order valence-corrected chi connectivity index (χ4v) is 6.48. The zero-order chi connectivity index (χ0) is 31.2. The number of alkyl halides is 6. The van der Waals surface area contributed by atoms with Gasteiger partial charge in [0.25, 0.3) is 11.8 Å². The van der Waals surface area contributed by atoms with Crippen molar-refractivity contribution >= 4 is 27.4 Å². The van der Waals surface area contributed by atoms with Crippen molar-refractivity contribution in [1.82, 2.24) is 19.8 Å². The first-order chi connectivity index (χ1) is 20.1. The van der Waals surface area contributed by atoms with Gasteiger partial charge >= 0.3 is 12.4 Å². The van der Waals surface area contributed by atoms with Crippen LogP contribution in [-0.4, -0.2) is 47.6 Å². The highest BCUT2D eigenvalue weighted by atomic mass is 32.2. The molecule has 0 spiro atoms. The average molecular weight is 633 g/mol. The van der Waals surface area contributed by atoms with E-state index in [0.29, 0.717) is 30.9 Å². The number of benzene rings is 1. The molecule has 0 radical (unpaired) electrons. The van der Waals surface area contributed by atoms with Gasteiger partial charge in [0.1, 0.15) is 5.57 Å². The van der Waals surface area contributed by atoms with Gasteiger partial charge in [-0.05, 0) is 68.1 Å². The van der Waals surface area contributed by atoms with Crippen LogP contribution in [0.15, 0.2) is 42.1 Å². The monoisotopic (exact) mass is 632 g/mol. The molecule has 1 aromatic heterocycles. The van der Waals surface area contributed by atoms with E-state index < -0.39 is 63.4 Å². The molecule has 0 bridgehead atoms. The molecule has 2 fully saturated rings. The molecule has 234 valence electrons. The van der Waals surface area contributed by atoms with E-state index in [0.717, 1.165) is 25.0 Å². The second-order valence-electron chi connectivity index (χ2n) is 11.4. The summed E-state index contributed by atoms with van der Waals surface area (Å²) >= 11 is 0. The Kier molecular flexibility index (Phi) is 8.16. The second-order valence-corrected chi connectivity index (χ2v) is 13.4. The van der Waals surface area contributed by atoms with Crippen LogP contribution >= 0.6 is 0 Å². The van der Waals surface area contributed by atoms with E-state index in [-0.39, 0.29) is 36.1 Å². The highest BCUT2D eigenvalue weighted by Crippen LogP contribution is 2.48. The molecule has 2 heterocycles. The van der Waals surface area contributed by atoms with Crippen molar-refractivity contribution in [3.05, 3.63) is 58.9 Å². The number of hydrogen-bond acceptors (Lipinski definition) is 5. The normalized spacial score (nSPS) is 21.6. The van der Waals surface area contributed by atoms with Crippen molar-refractivity contribution in [1.29, 1.82) is 0 Å². The Labute approximate surface area is 243 Å². The van der Waals surface area contributed by atoms with E-state index in [4.69, 9.17) is 0 Å². The van der Waals surface area contributed by atoms with Gasteiger partial charge in [0.15, 0.2) is 5.54 Å². The van der Waals surface area contributed by atoms with Gasteiger partial charge < -0.3 is 5.32 Å². The Balaban J connectivity index is 1.49. The maximum absolute atomic E-state index is 14.9. The number of amides is 2. The number of nitrogens with one attached hydrogen (secondary N) is 2. The topological polar surface area (TPSA) is 110 Å². The molecule has 1 atom stereocenters. The van der Waals surface area contributed by atoms with E-state index in [1.807, 2.05) is 10.0 Å². The number of nitrogens with zero attached hydrogens (tertiary/aromatic N) is 2. The molecule has 2 aliphatic carbocycles. The summed E-state index contributed by atoms with van der Waals surface area (Å²) in [7, 11) is -4.12. The Morgan fingerprint density at radius 3 is 2.28 bits per heavy atom. The van der Waals surface area contributed by atoms with Crippen LogP contribution in [0.25, 0.3) is 5.57 Å². The molecule has 1 aromatic carbocycles. The summed E-state index contributed by atoms with van der Waals surface area (Å²) in [6.07, 6.45) is -6.88. The van der Waals surface area contributed by atoms with Gasteiger partial charge in [-0.15, -0.1) is 0 Å². The average Bonchev–Trinajstić information content (AvgIpc) is 3.83. The van der Waals surface area contributed by atoms with Crippen molar-refractivity contribution in [2.24, 2.45) is 5.92 Å². The third-order valence-electron chi connectivity index (χ3n) is 7.92. The molecular weight excluding hydrogens is 602 g/mol. The lowest BCUT2D eigenvalue weighted by atomic mass is 9.77. The van der Waals surface area contributed by atoms with Gasteiger partial charge in [0.2, 0.25) is 10.0 Å². The molecule has 5 rings (SSSR count). The van der Waals surface area contributed by atoms with Crippen LogP contribution in [0.3, 0.4) is 0 Å². The SMILES string of the molecule is O=C1NC(c2ccc(CCCCC(F)(F)F)cc2)(C(F)(F)F)CC(c2ccn(CC3CC3)n2)=C1C(=O)NS(=O)(=O)C1CC1. The molecule has 2 amide bonds. The summed E-state index contributed by atoms with van der Waals surface area (Å²) in [6, 6.07) is 6.42. The number of halogens is 6. The lowest BCUT2D eigenvalue weighted by molar-refractivity contribution is -0.202. The lowest BCUT2D eigenvalue weighted by Crippen LogP contribution is -2.60. The van der Waals surface area contributed by atoms with Crippen molar-refractivity contribution < 1.29 is 44.3 Å². The standard InChI is InChI=1S/C28H30F6N4O4S/c29-27(30,31)13-2-1-3-17-6-8-19(9-7-17)26(28(32,33)34)15-21(22-12-14-38(36-22)16-18-4-5-18)23(24(39)35-26)25(40)37-43(41,42)20-10-11-20/h6-9,12,14,18,20H,1-5,10-11,13,15-16H2,(H,35,39)(H,37,40). The van der Waals surface area contributed by atoms with Gasteiger partial charge in [-0.1, -0.05) is 24.3 Å². The summed E-state index contributed by atoms with van der Waals surface area (Å²) in [5.74, 6) is -2.37. The highest BCUT2D eigenvalue weighted by Gasteiger charge is 2.60. The number of rotatable bonds is 11. The summed E-state index contributed by atoms with van der Waals surface area (Å²) in [6.45, 7) is 0.506. The molecule has 3 aliphatic rings. The van der Waals surface area contributed by atoms with Gasteiger partial charge in [-0.3, -0.25) is 14.3 Å². The zero-order valence-electron chi connectivity index (χ0n) is 22.9. The van der Waals surface area contributed by atoms with Crippen LogP contribution in [0.5, 0.6) is 0 Å². The van der Waals surface area contributed by atoms with Crippen LogP contribution in [0.1, 0.15) is 68.2 Å². The van der Waals surface area contributed by atoms with Crippen LogP contribution in [0.2, 0.25) is 0 Å². The number of aromatic nitrogens is 2. The maximum Gasteiger partial charge on any atom is 0.416 e. The van der Waals surface area contributed by atoms with Crippen molar-refractivity contribution in [3.8, 4) is 0 Å². The Bertz CT molecular complexity index is 1520. The molecule has 1 aliphatic heterocycles. The first-order valence-corrected chi connectivity index (χ1v) is 15.5. The van der Waals surface area contributed by atoms with Crippen LogP contribution < -0.4 is 10.0 Å². The fourth-order valence-electron chi connectivity index (χ4n) is 5.20. The van der Waals surface area contributed by atoms with E-state index in [1.54, 1.807) is 0 Å². The molecule has 2 N–H and O–H groups in total. The zero-order valence-corrected chi connectivity index (χ0v) is 23.7. The largest absolute Gasteiger partial charge is 0.416 e. The molecule has 1 unspecified atom stereocenters. The predicted molar refractivity (Wildman–Crippen MR) is 143 cm³/mol. The fraction of sp³-hybridized carbons (Fsp3) is 0.536. The third kappa shape index (κ3) is 7.07. The van der Waals surface area contributed by atoms with Crippen molar-refractivity contribution in [2.75, 3.05) is 0 Å². The second kappa shape index (κ2) is 11.3. The van der Waals surface area contributed by atoms with Crippen LogP contribution in [0, 0.1) is 5.92 Å². The minimum atomic E-state index is -5.07. The summed E-state index contributed by atoms with van der Waals surface area (Å²) in [5, 5.41) is 5.48. The highest BCUT2D eigenvalue weighted by molar-refractivity contribution is 7.91. The molecule has 43 heavy (non-hydrogen) atoms. The molecule has 8 nitrogen and oxygen atoms in total. The van der Waals surface area contributed by atoms with E-state index in [2.05, 4.69) is 5.10 Å². The number of carbonyl (C=O) groups excluding carboxylic acids is 2. The number of sulfonamides is 1. The summed E-state index contributed by atoms with van der Waals surface area (Å²) < 4.78 is 110. The molecule has 0 saturated heterocycles. The van der Waals surface area contributed by atoms with Gasteiger partial charge in [-0.2, -0.15) is 31.4 Å². The first-order valence-electron chi connectivity index (χ1n) is 14.0. The Morgan fingerprint density at radius 1 is 1.02 bits per heavy atom. The van der Waals surface area contributed by atoms with Gasteiger partial charge in [0.05, 0.1) is 10.9 Å². The number of aryl methyl sites for hydroxylation is 1. The number of hydrogen-bond donors (Lipinski definition) is 2. The molecular formula is C28H30F6N4O4S. The quantitative estimate of drug-likeness (QED) is 0.208. The summed E-state index contributed by atoms with van der Waals surface area (Å²) in [4.78, 5) is 26.6.